The van der Waals surface area contributed by atoms with Crippen molar-refractivity contribution in [2.45, 2.75) is 0 Å². The summed E-state index contributed by atoms with van der Waals surface area (Å²) in [5.74, 6) is 0. The van der Waals surface area contributed by atoms with Crippen molar-refractivity contribution >= 4 is 0 Å². The molecular formula is C16H14N2O. The zero-order valence-electron chi connectivity index (χ0n) is 13.1. The van der Waals surface area contributed by atoms with Crippen molar-refractivity contribution in [3.8, 4) is 22.5 Å². The summed E-state index contributed by atoms with van der Waals surface area (Å²) in [4.78, 5) is 14.9. The first kappa shape index (κ1) is 8.53. The molecule has 0 atom stereocenters. The monoisotopic (exact) mass is 253 g/mol. The van der Waals surface area contributed by atoms with Crippen LogP contribution >= 0.6 is 0 Å². The van der Waals surface area contributed by atoms with E-state index in [2.05, 4.69) is 4.98 Å². The van der Waals surface area contributed by atoms with Gasteiger partial charge in [0, 0.05) is 22.2 Å². The maximum absolute atomic E-state index is 12.2. The smallest absolute Gasteiger partial charge is 0.305 e. The summed E-state index contributed by atoms with van der Waals surface area (Å²) in [7, 11) is 0. The van der Waals surface area contributed by atoms with Crippen LogP contribution in [-0.2, 0) is 6.98 Å². The largest absolute Gasteiger partial charge is 0.326 e. The van der Waals surface area contributed by atoms with Crippen LogP contribution in [0.5, 0.6) is 0 Å². The van der Waals surface area contributed by atoms with Crippen molar-refractivity contribution in [3.63, 3.8) is 0 Å². The normalized spacial score (nSPS) is 13.6. The zero-order chi connectivity index (χ0) is 15.7. The molecule has 3 nitrogen and oxygen atoms in total. The molecule has 0 spiro atoms. The highest BCUT2D eigenvalue weighted by molar-refractivity contribution is 5.78. The molecule has 0 aliphatic rings. The van der Waals surface area contributed by atoms with E-state index in [1.807, 2.05) is 48.5 Å². The van der Waals surface area contributed by atoms with Gasteiger partial charge in [0.05, 0.1) is 11.4 Å². The third-order valence-corrected chi connectivity index (χ3v) is 3.01. The predicted molar refractivity (Wildman–Crippen MR) is 76.9 cm³/mol. The molecule has 0 fully saturated rings. The van der Waals surface area contributed by atoms with Crippen LogP contribution in [0.3, 0.4) is 0 Å². The van der Waals surface area contributed by atoms with Crippen molar-refractivity contribution in [2.24, 2.45) is 6.98 Å². The summed E-state index contributed by atoms with van der Waals surface area (Å²) in [6.45, 7) is -2.55. The molecule has 3 heteroatoms. The van der Waals surface area contributed by atoms with Gasteiger partial charge in [-0.05, 0) is 0 Å². The van der Waals surface area contributed by atoms with E-state index in [0.29, 0.717) is 17.0 Å². The number of H-pyrrole nitrogens is 1. The van der Waals surface area contributed by atoms with Crippen molar-refractivity contribution in [1.29, 1.82) is 0 Å². The molecule has 2 aromatic carbocycles. The van der Waals surface area contributed by atoms with Crippen LogP contribution in [0, 0.1) is 0 Å². The first-order valence-corrected chi connectivity index (χ1v) is 5.95. The Morgan fingerprint density at radius 2 is 1.53 bits per heavy atom. The standard InChI is InChI=1S/C16H14N2O/c1-18-15(13-10-6-3-7-11-13)14(17-16(18)19)12-8-4-2-5-9-12/h2-11H,1H3,(H,17,19)/i1D3. The maximum atomic E-state index is 12.2. The highest BCUT2D eigenvalue weighted by Crippen LogP contribution is 2.28. The summed E-state index contributed by atoms with van der Waals surface area (Å²) in [6, 6.07) is 18.3. The van der Waals surface area contributed by atoms with Gasteiger partial charge >= 0.3 is 5.69 Å². The maximum Gasteiger partial charge on any atom is 0.326 e. The second kappa shape index (κ2) is 4.61. The van der Waals surface area contributed by atoms with E-state index >= 15 is 0 Å². The van der Waals surface area contributed by atoms with E-state index in [9.17, 15) is 4.79 Å². The number of hydrogen-bond donors (Lipinski definition) is 1. The fourth-order valence-electron chi connectivity index (χ4n) is 2.12. The van der Waals surface area contributed by atoms with Gasteiger partial charge in [0.2, 0.25) is 0 Å². The average Bonchev–Trinajstić information content (AvgIpc) is 2.86. The molecule has 0 bridgehead atoms. The second-order valence-electron chi connectivity index (χ2n) is 4.22. The lowest BCUT2D eigenvalue weighted by Crippen LogP contribution is -2.12. The van der Waals surface area contributed by atoms with Gasteiger partial charge in [0.15, 0.2) is 0 Å². The molecule has 0 saturated carbocycles. The Morgan fingerprint density at radius 3 is 2.11 bits per heavy atom. The minimum atomic E-state index is -2.55. The van der Waals surface area contributed by atoms with Crippen LogP contribution in [0.2, 0.25) is 0 Å². The Hall–Kier alpha value is -2.55. The summed E-state index contributed by atoms with van der Waals surface area (Å²) in [5.41, 5.74) is 1.68. The Morgan fingerprint density at radius 1 is 0.947 bits per heavy atom. The van der Waals surface area contributed by atoms with E-state index in [-0.39, 0.29) is 0 Å². The molecule has 3 rings (SSSR count). The molecule has 0 amide bonds. The Bertz CT molecular complexity index is 833. The lowest BCUT2D eigenvalue weighted by Gasteiger charge is -2.06. The Balaban J connectivity index is 2.36. The number of hydrogen-bond acceptors (Lipinski definition) is 1. The highest BCUT2D eigenvalue weighted by Gasteiger charge is 2.14. The number of benzene rings is 2. The molecule has 0 aliphatic heterocycles. The third kappa shape index (κ3) is 1.99. The van der Waals surface area contributed by atoms with E-state index in [4.69, 9.17) is 4.11 Å². The van der Waals surface area contributed by atoms with E-state index in [1.165, 1.54) is 0 Å². The van der Waals surface area contributed by atoms with Crippen molar-refractivity contribution in [2.75, 3.05) is 0 Å². The first-order chi connectivity index (χ1) is 10.5. The summed E-state index contributed by atoms with van der Waals surface area (Å²) < 4.78 is 23.8. The van der Waals surface area contributed by atoms with Crippen LogP contribution in [0.4, 0.5) is 0 Å². The van der Waals surface area contributed by atoms with Gasteiger partial charge in [0.1, 0.15) is 0 Å². The average molecular weight is 253 g/mol. The second-order valence-corrected chi connectivity index (χ2v) is 4.22. The summed E-state index contributed by atoms with van der Waals surface area (Å²) in [6.07, 6.45) is 0. The minimum absolute atomic E-state index is 0.372. The molecule has 94 valence electrons. The van der Waals surface area contributed by atoms with Gasteiger partial charge in [-0.15, -0.1) is 0 Å². The molecule has 1 aromatic heterocycles. The third-order valence-electron chi connectivity index (χ3n) is 3.01. The quantitative estimate of drug-likeness (QED) is 0.749. The Kier molecular flexibility index (Phi) is 2.07. The van der Waals surface area contributed by atoms with Gasteiger partial charge in [-0.3, -0.25) is 4.57 Å². The highest BCUT2D eigenvalue weighted by atomic mass is 16.1. The van der Waals surface area contributed by atoms with Gasteiger partial charge < -0.3 is 4.98 Å². The van der Waals surface area contributed by atoms with Gasteiger partial charge in [-0.2, -0.15) is 0 Å². The SMILES string of the molecule is [2H]C([2H])([2H])n1c(-c2ccccc2)c(-c2ccccc2)[nH]c1=O. The van der Waals surface area contributed by atoms with Crippen LogP contribution < -0.4 is 5.69 Å². The fraction of sp³-hybridized carbons (Fsp3) is 0.0625. The Labute approximate surface area is 115 Å². The van der Waals surface area contributed by atoms with Crippen molar-refractivity contribution < 1.29 is 4.11 Å². The number of nitrogens with zero attached hydrogens (tertiary/aromatic N) is 1. The first-order valence-electron chi connectivity index (χ1n) is 7.45. The van der Waals surface area contributed by atoms with Crippen LogP contribution in [0.1, 0.15) is 4.11 Å². The molecule has 0 aliphatic carbocycles. The lowest BCUT2D eigenvalue weighted by molar-refractivity contribution is 0.869. The molecule has 3 aromatic rings. The number of nitrogens with one attached hydrogen (secondary N) is 1. The topological polar surface area (TPSA) is 37.8 Å². The van der Waals surface area contributed by atoms with Crippen molar-refractivity contribution in [3.05, 3.63) is 71.1 Å². The van der Waals surface area contributed by atoms with E-state index in [1.54, 1.807) is 12.1 Å². The van der Waals surface area contributed by atoms with Crippen LogP contribution in [0.25, 0.3) is 22.5 Å². The molecule has 0 radical (unpaired) electrons. The molecular weight excluding hydrogens is 236 g/mol. The predicted octanol–water partition coefficient (Wildman–Crippen LogP) is 3.05. The van der Waals surface area contributed by atoms with Gasteiger partial charge in [-0.25, -0.2) is 4.79 Å². The van der Waals surface area contributed by atoms with E-state index in [0.717, 1.165) is 10.1 Å². The number of aromatic amines is 1. The van der Waals surface area contributed by atoms with Crippen LogP contribution in [-0.4, -0.2) is 9.55 Å². The molecule has 1 heterocycles. The fourth-order valence-corrected chi connectivity index (χ4v) is 2.12. The molecule has 0 unspecified atom stereocenters. The number of imidazole rings is 1. The van der Waals surface area contributed by atoms with Crippen LogP contribution in [0.15, 0.2) is 65.5 Å². The van der Waals surface area contributed by atoms with Gasteiger partial charge in [0.25, 0.3) is 0 Å². The summed E-state index contributed by atoms with van der Waals surface area (Å²) >= 11 is 0. The van der Waals surface area contributed by atoms with Gasteiger partial charge in [-0.1, -0.05) is 60.7 Å². The van der Waals surface area contributed by atoms with E-state index < -0.39 is 12.7 Å². The number of aromatic nitrogens is 2. The lowest BCUT2D eigenvalue weighted by atomic mass is 10.1. The summed E-state index contributed by atoms with van der Waals surface area (Å²) in [5, 5.41) is 0. The molecule has 19 heavy (non-hydrogen) atoms. The van der Waals surface area contributed by atoms with Crippen molar-refractivity contribution in [1.82, 2.24) is 9.55 Å². The zero-order valence-corrected chi connectivity index (χ0v) is 10.1. The number of rotatable bonds is 2. The molecule has 0 saturated heterocycles. The minimum Gasteiger partial charge on any atom is -0.305 e. The molecule has 1 N–H and O–H groups in total.